The second kappa shape index (κ2) is 17.6. The van der Waals surface area contributed by atoms with Crippen LogP contribution in [0, 0.1) is 6.92 Å². The van der Waals surface area contributed by atoms with Crippen LogP contribution in [0.15, 0.2) is 103 Å². The van der Waals surface area contributed by atoms with Crippen molar-refractivity contribution >= 4 is 73.1 Å². The monoisotopic (exact) mass is 993 g/mol. The lowest BCUT2D eigenvalue weighted by Crippen LogP contribution is -2.34. The first-order valence-corrected chi connectivity index (χ1v) is 29.0. The van der Waals surface area contributed by atoms with Gasteiger partial charge in [0.25, 0.3) is 0 Å². The van der Waals surface area contributed by atoms with Crippen molar-refractivity contribution in [3.8, 4) is 22.3 Å². The van der Waals surface area contributed by atoms with Gasteiger partial charge in [-0.3, -0.25) is 0 Å². The SMILES string of the molecule is [B]c1ccc(CC)c(C2=CCCC=C2)c1N(c1cc2c(cc1C)C(C)(C)CCC2(C)C)c1c(-c2ccc3c(c2)C(C)(C)CCCC3(C)C)c(-c2cc3c(cc2N)C(C)(C)CCC3(C)C)cc2c1sc1ccccc12. The molecule has 6 aromatic carbocycles. The zero-order chi connectivity index (χ0) is 52.7. The molecule has 0 bridgehead atoms. The summed E-state index contributed by atoms with van der Waals surface area (Å²) in [6, 6.07) is 33.8. The molecule has 2 radical (unpaired) electrons. The molecule has 11 rings (SSSR count). The summed E-state index contributed by atoms with van der Waals surface area (Å²) in [6.45, 7) is 34.1. The van der Waals surface area contributed by atoms with Gasteiger partial charge in [0.15, 0.2) is 0 Å². The average molecular weight is 993 g/mol. The zero-order valence-corrected chi connectivity index (χ0v) is 48.2. The maximum Gasteiger partial charge on any atom is 0.116 e. The molecule has 1 aromatic heterocycles. The summed E-state index contributed by atoms with van der Waals surface area (Å²) in [5.74, 6) is 0. The van der Waals surface area contributed by atoms with Crippen molar-refractivity contribution in [2.45, 2.75) is 194 Å². The number of hydrogen-bond donors (Lipinski definition) is 1. The second-order valence-corrected chi connectivity index (χ2v) is 28.1. The molecule has 1 heterocycles. The summed E-state index contributed by atoms with van der Waals surface area (Å²) in [6.07, 6.45) is 18.1. The van der Waals surface area contributed by atoms with Crippen LogP contribution in [0.2, 0.25) is 0 Å². The van der Waals surface area contributed by atoms with Crippen molar-refractivity contribution in [2.24, 2.45) is 0 Å². The van der Waals surface area contributed by atoms with Gasteiger partial charge in [0.2, 0.25) is 0 Å². The number of anilines is 4. The van der Waals surface area contributed by atoms with E-state index in [9.17, 15) is 0 Å². The van der Waals surface area contributed by atoms with Gasteiger partial charge < -0.3 is 10.6 Å². The summed E-state index contributed by atoms with van der Waals surface area (Å²) in [7, 11) is 7.79. The van der Waals surface area contributed by atoms with Gasteiger partial charge >= 0.3 is 0 Å². The molecule has 0 saturated heterocycles. The number of aryl methyl sites for hydroxylation is 2. The highest BCUT2D eigenvalue weighted by Gasteiger charge is 2.42. The lowest BCUT2D eigenvalue weighted by atomic mass is 9.62. The van der Waals surface area contributed by atoms with E-state index in [0.29, 0.717) is 0 Å². The molecule has 7 aromatic rings. The summed E-state index contributed by atoms with van der Waals surface area (Å²) in [4.78, 5) is 2.69. The molecule has 0 atom stereocenters. The first-order valence-electron chi connectivity index (χ1n) is 28.2. The maximum absolute atomic E-state index is 7.79. The summed E-state index contributed by atoms with van der Waals surface area (Å²) < 4.78 is 2.53. The summed E-state index contributed by atoms with van der Waals surface area (Å²) in [5.41, 5.74) is 31.2. The normalized spacial score (nSPS) is 19.8. The Kier molecular flexibility index (Phi) is 12.1. The summed E-state index contributed by atoms with van der Waals surface area (Å²) in [5, 5.41) is 2.51. The van der Waals surface area contributed by atoms with E-state index in [-0.39, 0.29) is 32.5 Å². The number of fused-ring (bicyclic) bond motifs is 6. The fraction of sp³-hybridized carbons (Fsp3) is 0.429. The van der Waals surface area contributed by atoms with E-state index in [4.69, 9.17) is 13.6 Å². The van der Waals surface area contributed by atoms with Gasteiger partial charge in [-0.25, -0.2) is 0 Å². The summed E-state index contributed by atoms with van der Waals surface area (Å²) >= 11 is 1.93. The molecule has 0 spiro atoms. The first kappa shape index (κ1) is 50.8. The molecule has 0 amide bonds. The Hall–Kier alpha value is -5.32. The van der Waals surface area contributed by atoms with Crippen LogP contribution >= 0.6 is 11.3 Å². The molecular formula is C70H81BN2S. The van der Waals surface area contributed by atoms with Gasteiger partial charge in [-0.2, -0.15) is 0 Å². The van der Waals surface area contributed by atoms with Crippen LogP contribution in [-0.2, 0) is 38.9 Å². The van der Waals surface area contributed by atoms with E-state index in [0.717, 1.165) is 73.8 Å². The van der Waals surface area contributed by atoms with Gasteiger partial charge in [0.05, 0.1) is 10.4 Å². The van der Waals surface area contributed by atoms with Gasteiger partial charge in [0, 0.05) is 49.2 Å². The largest absolute Gasteiger partial charge is 0.398 e. The minimum Gasteiger partial charge on any atom is -0.398 e. The Balaban J connectivity index is 1.39. The molecule has 0 unspecified atom stereocenters. The molecule has 4 aliphatic carbocycles. The third-order valence-electron chi connectivity index (χ3n) is 19.1. The van der Waals surface area contributed by atoms with E-state index in [1.54, 1.807) is 0 Å². The third kappa shape index (κ3) is 8.17. The second-order valence-electron chi connectivity index (χ2n) is 27.1. The van der Waals surface area contributed by atoms with Crippen LogP contribution in [0.1, 0.15) is 198 Å². The Labute approximate surface area is 450 Å². The lowest BCUT2D eigenvalue weighted by molar-refractivity contribution is 0.332. The minimum absolute atomic E-state index is 0.0119. The number of nitrogen functional groups attached to an aromatic ring is 1. The van der Waals surface area contributed by atoms with Crippen molar-refractivity contribution in [3.05, 3.63) is 153 Å². The molecule has 4 heteroatoms. The number of hydrogen-bond acceptors (Lipinski definition) is 3. The van der Waals surface area contributed by atoms with Crippen LogP contribution in [0.25, 0.3) is 48.0 Å². The molecule has 74 heavy (non-hydrogen) atoms. The molecular weight excluding hydrogens is 912 g/mol. The number of thiophene rings is 1. The smallest absolute Gasteiger partial charge is 0.116 e. The van der Waals surface area contributed by atoms with E-state index >= 15 is 0 Å². The predicted octanol–water partition coefficient (Wildman–Crippen LogP) is 19.3. The van der Waals surface area contributed by atoms with Crippen LogP contribution in [0.4, 0.5) is 22.7 Å². The highest BCUT2D eigenvalue weighted by molar-refractivity contribution is 7.26. The fourth-order valence-corrected chi connectivity index (χ4v) is 15.3. The number of nitrogens with two attached hydrogens (primary N) is 1. The van der Waals surface area contributed by atoms with E-state index < -0.39 is 0 Å². The molecule has 0 saturated carbocycles. The first-order chi connectivity index (χ1) is 34.8. The fourth-order valence-electron chi connectivity index (χ4n) is 14.1. The van der Waals surface area contributed by atoms with Gasteiger partial charge in [-0.15, -0.1) is 11.3 Å². The van der Waals surface area contributed by atoms with Crippen LogP contribution in [0.5, 0.6) is 0 Å². The average Bonchev–Trinajstić information content (AvgIpc) is 3.69. The van der Waals surface area contributed by atoms with Gasteiger partial charge in [0.1, 0.15) is 7.85 Å². The number of rotatable bonds is 7. The quantitative estimate of drug-likeness (QED) is 0.0980. The standard InChI is InChI=1S/C70H81BN2S/c1-15-43-27-29-56(71)62(60(43)44-22-17-16-18-23-44)73(58-41-55-51(36-42(58)2)67(7,8)32-35-70(55,13)14)63-61(45-26-28-50-52(37-45)66(5,6)31-21-30-65(50,3)4)48(38-49-46-24-19-20-25-59(46)74-64(49)63)47-39-53-54(40-57(47)72)69(11,12)34-33-68(53,9)10/h17,19-20,22-29,36-41H,15-16,18,21,30-35,72H2,1-14H3. The highest BCUT2D eigenvalue weighted by Crippen LogP contribution is 2.59. The van der Waals surface area contributed by atoms with Crippen molar-refractivity contribution < 1.29 is 0 Å². The van der Waals surface area contributed by atoms with Crippen LogP contribution < -0.4 is 16.1 Å². The Morgan fingerprint density at radius 2 is 1.16 bits per heavy atom. The van der Waals surface area contributed by atoms with Crippen molar-refractivity contribution in [1.82, 2.24) is 0 Å². The van der Waals surface area contributed by atoms with E-state index in [1.165, 1.54) is 117 Å². The Morgan fingerprint density at radius 3 is 1.81 bits per heavy atom. The van der Waals surface area contributed by atoms with E-state index in [2.05, 4.69) is 205 Å². The number of benzene rings is 6. The van der Waals surface area contributed by atoms with Crippen molar-refractivity contribution in [2.75, 3.05) is 10.6 Å². The predicted molar refractivity (Wildman–Crippen MR) is 326 cm³/mol. The van der Waals surface area contributed by atoms with E-state index in [1.807, 2.05) is 11.3 Å². The number of allylic oxidation sites excluding steroid dienone is 4. The van der Waals surface area contributed by atoms with Crippen molar-refractivity contribution in [3.63, 3.8) is 0 Å². The highest BCUT2D eigenvalue weighted by atomic mass is 32.1. The van der Waals surface area contributed by atoms with Crippen LogP contribution in [0.3, 0.4) is 0 Å². The van der Waals surface area contributed by atoms with Crippen molar-refractivity contribution in [1.29, 1.82) is 0 Å². The van der Waals surface area contributed by atoms with Gasteiger partial charge in [-0.05, 0) is 189 Å². The Morgan fingerprint density at radius 1 is 0.568 bits per heavy atom. The number of nitrogens with zero attached hydrogens (tertiary/aromatic N) is 1. The third-order valence-corrected chi connectivity index (χ3v) is 20.3. The molecule has 4 aliphatic rings. The molecule has 0 aliphatic heterocycles. The Bertz CT molecular complexity index is 3510. The van der Waals surface area contributed by atoms with Crippen LogP contribution in [-0.4, -0.2) is 7.85 Å². The molecule has 2 N–H and O–H groups in total. The molecule has 380 valence electrons. The topological polar surface area (TPSA) is 29.3 Å². The molecule has 2 nitrogen and oxygen atoms in total. The zero-order valence-electron chi connectivity index (χ0n) is 47.4. The lowest BCUT2D eigenvalue weighted by Gasteiger charge is -2.43. The maximum atomic E-state index is 7.79. The van der Waals surface area contributed by atoms with Gasteiger partial charge in [-0.1, -0.05) is 175 Å². The minimum atomic E-state index is -0.0294. The molecule has 0 fully saturated rings.